The lowest BCUT2D eigenvalue weighted by Gasteiger charge is -2.29. The highest BCUT2D eigenvalue weighted by Crippen LogP contribution is 2.38. The van der Waals surface area contributed by atoms with Gasteiger partial charge in [-0.2, -0.15) is 0 Å². The fourth-order valence-electron chi connectivity index (χ4n) is 6.76. The van der Waals surface area contributed by atoms with Gasteiger partial charge in [0.15, 0.2) is 0 Å². The van der Waals surface area contributed by atoms with E-state index in [-0.39, 0.29) is 12.5 Å². The molecular weight excluding hydrogens is 816 g/mol. The molecule has 0 aromatic heterocycles. The Hall–Kier alpha value is -2.58. The third-order valence-corrected chi connectivity index (χ3v) is 11.7. The van der Waals surface area contributed by atoms with Crippen molar-refractivity contribution in [3.63, 3.8) is 0 Å². The van der Waals surface area contributed by atoms with E-state index in [4.69, 9.17) is 9.05 Å². The smallest absolute Gasteiger partial charge is 0.268 e. The standard InChI is InChI=1S/C55H97N2O6P/c1-6-8-10-12-14-16-18-19-20-21-22-23-24-25-26-27-28-29-30-31-32-33-34-35-36-37-39-41-43-45-47-49-55(59)56-53(52-63-64(60,61)62-51-50-57(3,4)5)54(58)48-46-44-42-40-38-17-15-13-11-9-7-2/h8,10,14,16,19-20,22-23,25-26,28-29,38,40,46,48,53-54,58H,6-7,9,11-13,15,17-18,21,24,27,30-37,39,41-45,47,49-52H2,1-5H3,(H-,56,59,60,61)/b10-8-,16-14-,20-19-,23-22-,26-25-,29-28-,40-38+,48-46+. The van der Waals surface area contributed by atoms with Gasteiger partial charge in [0.1, 0.15) is 13.2 Å². The molecule has 3 unspecified atom stereocenters. The second kappa shape index (κ2) is 45.6. The highest BCUT2D eigenvalue weighted by molar-refractivity contribution is 7.45. The summed E-state index contributed by atoms with van der Waals surface area (Å²) in [6, 6.07) is -0.908. The van der Waals surface area contributed by atoms with Crippen LogP contribution in [0.2, 0.25) is 0 Å². The topological polar surface area (TPSA) is 108 Å². The minimum absolute atomic E-state index is 0.0111. The van der Waals surface area contributed by atoms with E-state index in [0.717, 1.165) is 77.0 Å². The number of carbonyl (C=O) groups is 1. The number of nitrogens with one attached hydrogen (secondary N) is 1. The van der Waals surface area contributed by atoms with Gasteiger partial charge in [0.05, 0.1) is 39.9 Å². The summed E-state index contributed by atoms with van der Waals surface area (Å²) in [7, 11) is 1.23. The minimum atomic E-state index is -4.60. The number of phosphoric ester groups is 1. The van der Waals surface area contributed by atoms with Crippen LogP contribution in [0.5, 0.6) is 0 Å². The number of allylic oxidation sites excluding steroid dienone is 15. The number of phosphoric acid groups is 1. The van der Waals surface area contributed by atoms with Crippen LogP contribution in [0.25, 0.3) is 0 Å². The Kier molecular flexibility index (Phi) is 43.7. The first-order valence-corrected chi connectivity index (χ1v) is 27.1. The molecule has 3 atom stereocenters. The fraction of sp³-hybridized carbons (Fsp3) is 0.691. The Balaban J connectivity index is 4.15. The van der Waals surface area contributed by atoms with Gasteiger partial charge in [0.25, 0.3) is 7.82 Å². The van der Waals surface area contributed by atoms with Crippen molar-refractivity contribution < 1.29 is 32.9 Å². The number of quaternary nitrogens is 1. The van der Waals surface area contributed by atoms with Crippen molar-refractivity contribution in [2.24, 2.45) is 0 Å². The van der Waals surface area contributed by atoms with E-state index in [9.17, 15) is 19.4 Å². The molecule has 0 heterocycles. The molecule has 2 N–H and O–H groups in total. The van der Waals surface area contributed by atoms with Gasteiger partial charge in [0.2, 0.25) is 5.91 Å². The van der Waals surface area contributed by atoms with Crippen LogP contribution in [-0.2, 0) is 18.4 Å². The predicted octanol–water partition coefficient (Wildman–Crippen LogP) is 14.5. The molecule has 0 radical (unpaired) electrons. The highest BCUT2D eigenvalue weighted by Gasteiger charge is 2.23. The normalized spacial score (nSPS) is 14.9. The Morgan fingerprint density at radius 3 is 1.45 bits per heavy atom. The number of nitrogens with zero attached hydrogens (tertiary/aromatic N) is 1. The van der Waals surface area contributed by atoms with Crippen LogP contribution in [0, 0.1) is 0 Å². The molecular formula is C55H97N2O6P. The summed E-state index contributed by atoms with van der Waals surface area (Å²) < 4.78 is 23.2. The third-order valence-electron chi connectivity index (χ3n) is 10.8. The van der Waals surface area contributed by atoms with Gasteiger partial charge < -0.3 is 28.8 Å². The number of rotatable bonds is 45. The lowest BCUT2D eigenvalue weighted by atomic mass is 10.0. The summed E-state index contributed by atoms with van der Waals surface area (Å²) in [4.78, 5) is 25.3. The largest absolute Gasteiger partial charge is 0.756 e. The predicted molar refractivity (Wildman–Crippen MR) is 274 cm³/mol. The van der Waals surface area contributed by atoms with Gasteiger partial charge in [0, 0.05) is 6.42 Å². The third kappa shape index (κ3) is 47.4. The molecule has 0 spiro atoms. The van der Waals surface area contributed by atoms with Crippen molar-refractivity contribution in [1.82, 2.24) is 5.32 Å². The molecule has 9 heteroatoms. The van der Waals surface area contributed by atoms with Gasteiger partial charge >= 0.3 is 0 Å². The lowest BCUT2D eigenvalue weighted by molar-refractivity contribution is -0.870. The average Bonchev–Trinajstić information content (AvgIpc) is 3.25. The number of likely N-dealkylation sites (N-methyl/N-ethyl adjacent to an activating group) is 1. The first-order chi connectivity index (χ1) is 31.0. The maximum absolute atomic E-state index is 12.9. The number of carbonyl (C=O) groups excluding carboxylic acids is 1. The maximum Gasteiger partial charge on any atom is 0.268 e. The van der Waals surface area contributed by atoms with Crippen LogP contribution in [0.4, 0.5) is 0 Å². The van der Waals surface area contributed by atoms with Gasteiger partial charge in [-0.05, 0) is 83.5 Å². The molecule has 0 aromatic carbocycles. The van der Waals surface area contributed by atoms with E-state index < -0.39 is 26.6 Å². The molecule has 0 fully saturated rings. The van der Waals surface area contributed by atoms with Gasteiger partial charge in [-0.1, -0.05) is 201 Å². The van der Waals surface area contributed by atoms with Crippen molar-refractivity contribution >= 4 is 13.7 Å². The highest BCUT2D eigenvalue weighted by atomic mass is 31.2. The summed E-state index contributed by atoms with van der Waals surface area (Å²) in [5.41, 5.74) is 0. The van der Waals surface area contributed by atoms with Crippen LogP contribution < -0.4 is 10.2 Å². The lowest BCUT2D eigenvalue weighted by Crippen LogP contribution is -2.45. The molecule has 0 rings (SSSR count). The first-order valence-electron chi connectivity index (χ1n) is 25.6. The van der Waals surface area contributed by atoms with E-state index in [2.05, 4.69) is 104 Å². The zero-order chi connectivity index (χ0) is 47.1. The molecule has 0 saturated carbocycles. The summed E-state index contributed by atoms with van der Waals surface area (Å²) >= 11 is 0. The molecule has 8 nitrogen and oxygen atoms in total. The Bertz CT molecular complexity index is 1360. The monoisotopic (exact) mass is 913 g/mol. The second-order valence-electron chi connectivity index (χ2n) is 18.1. The number of hydrogen-bond donors (Lipinski definition) is 2. The minimum Gasteiger partial charge on any atom is -0.756 e. The second-order valence-corrected chi connectivity index (χ2v) is 19.5. The first kappa shape index (κ1) is 61.4. The average molecular weight is 913 g/mol. The molecule has 0 saturated heterocycles. The molecule has 1 amide bonds. The van der Waals surface area contributed by atoms with E-state index in [1.54, 1.807) is 6.08 Å². The van der Waals surface area contributed by atoms with Crippen molar-refractivity contribution in [2.75, 3.05) is 40.9 Å². The van der Waals surface area contributed by atoms with Crippen LogP contribution in [0.3, 0.4) is 0 Å². The molecule has 0 aromatic rings. The van der Waals surface area contributed by atoms with Crippen molar-refractivity contribution in [3.8, 4) is 0 Å². The zero-order valence-electron chi connectivity index (χ0n) is 41.7. The molecule has 368 valence electrons. The summed E-state index contributed by atoms with van der Waals surface area (Å²) in [5, 5.41) is 13.7. The molecule has 0 aliphatic rings. The summed E-state index contributed by atoms with van der Waals surface area (Å²) in [5.74, 6) is -0.216. The molecule has 64 heavy (non-hydrogen) atoms. The Morgan fingerprint density at radius 2 is 0.969 bits per heavy atom. The van der Waals surface area contributed by atoms with E-state index in [1.165, 1.54) is 96.3 Å². The van der Waals surface area contributed by atoms with Crippen molar-refractivity contribution in [1.29, 1.82) is 0 Å². The van der Waals surface area contributed by atoms with Crippen LogP contribution in [0.1, 0.15) is 194 Å². The Labute approximate surface area is 394 Å². The van der Waals surface area contributed by atoms with Crippen molar-refractivity contribution in [3.05, 3.63) is 97.2 Å². The molecule has 0 bridgehead atoms. The number of aliphatic hydroxyl groups is 1. The number of hydrogen-bond acceptors (Lipinski definition) is 6. The number of aliphatic hydroxyl groups excluding tert-OH is 1. The van der Waals surface area contributed by atoms with Gasteiger partial charge in [-0.25, -0.2) is 0 Å². The summed E-state index contributed by atoms with van der Waals surface area (Å²) in [6.07, 6.45) is 64.8. The fourth-order valence-corrected chi connectivity index (χ4v) is 7.48. The summed E-state index contributed by atoms with van der Waals surface area (Å²) in [6.45, 7) is 4.46. The van der Waals surface area contributed by atoms with Crippen LogP contribution >= 0.6 is 7.82 Å². The number of unbranched alkanes of at least 4 members (excludes halogenated alkanes) is 18. The molecule has 0 aliphatic carbocycles. The van der Waals surface area contributed by atoms with Gasteiger partial charge in [-0.3, -0.25) is 9.36 Å². The molecule has 0 aliphatic heterocycles. The number of amides is 1. The maximum atomic E-state index is 12.9. The Morgan fingerprint density at radius 1 is 0.562 bits per heavy atom. The van der Waals surface area contributed by atoms with Gasteiger partial charge in [-0.15, -0.1) is 0 Å². The van der Waals surface area contributed by atoms with Crippen molar-refractivity contribution in [2.45, 2.75) is 206 Å². The van der Waals surface area contributed by atoms with Crippen LogP contribution in [-0.4, -0.2) is 68.5 Å². The van der Waals surface area contributed by atoms with E-state index >= 15 is 0 Å². The van der Waals surface area contributed by atoms with E-state index in [1.807, 2.05) is 27.2 Å². The SMILES string of the molecule is CC/C=C\C/C=C\C/C=C\C/C=C\C/C=C\C/C=C\CCCCCCCCCCCCCCC(=O)NC(COP(=O)([O-])OCC[N+](C)(C)C)C(O)/C=C/CC/C=C/CCCCCCC. The zero-order valence-corrected chi connectivity index (χ0v) is 42.6. The quantitative estimate of drug-likeness (QED) is 0.0273. The van der Waals surface area contributed by atoms with Crippen LogP contribution in [0.15, 0.2) is 97.2 Å². The van der Waals surface area contributed by atoms with E-state index in [0.29, 0.717) is 17.4 Å².